The second kappa shape index (κ2) is 8.47. The first-order valence-electron chi connectivity index (χ1n) is 8.58. The lowest BCUT2D eigenvalue weighted by atomic mass is 9.97. The van der Waals surface area contributed by atoms with Crippen molar-refractivity contribution < 1.29 is 9.59 Å². The molecule has 0 aliphatic rings. The van der Waals surface area contributed by atoms with Crippen molar-refractivity contribution >= 4 is 17.5 Å². The summed E-state index contributed by atoms with van der Waals surface area (Å²) >= 11 is 0. The maximum atomic E-state index is 12.4. The summed E-state index contributed by atoms with van der Waals surface area (Å²) < 4.78 is 0. The van der Waals surface area contributed by atoms with Gasteiger partial charge in [0.15, 0.2) is 0 Å². The normalized spacial score (nSPS) is 10.6. The smallest absolute Gasteiger partial charge is 0.240 e. The molecule has 0 atom stereocenters. The summed E-state index contributed by atoms with van der Waals surface area (Å²) in [6.45, 7) is 8.13. The summed E-state index contributed by atoms with van der Waals surface area (Å²) in [4.78, 5) is 26.2. The first-order valence-corrected chi connectivity index (χ1v) is 8.58. The van der Waals surface area contributed by atoms with Gasteiger partial charge in [-0.2, -0.15) is 0 Å². The molecule has 2 aromatic rings. The molecule has 0 spiro atoms. The second-order valence-electron chi connectivity index (χ2n) is 6.53. The average molecular weight is 338 g/mol. The van der Waals surface area contributed by atoms with Gasteiger partial charge >= 0.3 is 0 Å². The number of nitrogens with one attached hydrogen (secondary N) is 1. The summed E-state index contributed by atoms with van der Waals surface area (Å²) in [5.41, 5.74) is 3.95. The predicted molar refractivity (Wildman–Crippen MR) is 102 cm³/mol. The molecule has 0 aliphatic heterocycles. The van der Waals surface area contributed by atoms with Crippen LogP contribution < -0.4 is 10.2 Å². The minimum Gasteiger partial charge on any atom is -0.350 e. The van der Waals surface area contributed by atoms with E-state index in [-0.39, 0.29) is 24.3 Å². The van der Waals surface area contributed by atoms with E-state index in [1.54, 1.807) is 4.90 Å². The fraction of sp³-hybridized carbons (Fsp3) is 0.333. The minimum atomic E-state index is -0.169. The van der Waals surface area contributed by atoms with E-state index in [0.717, 1.165) is 22.4 Å². The Bertz CT molecular complexity index is 739. The van der Waals surface area contributed by atoms with Gasteiger partial charge in [-0.15, -0.1) is 0 Å². The van der Waals surface area contributed by atoms with E-state index in [1.807, 2.05) is 55.5 Å². The number of carbonyl (C=O) groups is 2. The Morgan fingerprint density at radius 1 is 1.04 bits per heavy atom. The van der Waals surface area contributed by atoms with Crippen LogP contribution in [0.4, 0.5) is 5.69 Å². The molecule has 4 heteroatoms. The molecule has 0 unspecified atom stereocenters. The molecular weight excluding hydrogens is 312 g/mol. The van der Waals surface area contributed by atoms with Crippen molar-refractivity contribution in [3.05, 3.63) is 65.2 Å². The van der Waals surface area contributed by atoms with Crippen LogP contribution in [-0.2, 0) is 16.1 Å². The molecule has 0 heterocycles. The number of carbonyl (C=O) groups excluding carboxylic acids is 2. The van der Waals surface area contributed by atoms with E-state index < -0.39 is 0 Å². The standard InChI is InChI=1S/C21H26N2O2/c1-15(2)19-12-8-9-16(3)21(19)23(17(4)24)14-20(25)22-13-18-10-6-5-7-11-18/h5-12,15H,13-14H2,1-4H3,(H,22,25). The van der Waals surface area contributed by atoms with Gasteiger partial charge in [0.1, 0.15) is 6.54 Å². The molecule has 0 saturated heterocycles. The van der Waals surface area contributed by atoms with Crippen LogP contribution in [0.3, 0.4) is 0 Å². The lowest BCUT2D eigenvalue weighted by Crippen LogP contribution is -2.40. The molecular formula is C21H26N2O2. The molecule has 2 amide bonds. The van der Waals surface area contributed by atoms with Gasteiger partial charge in [0.05, 0.1) is 5.69 Å². The number of rotatable bonds is 6. The quantitative estimate of drug-likeness (QED) is 0.871. The SMILES string of the molecule is CC(=O)N(CC(=O)NCc1ccccc1)c1c(C)cccc1C(C)C. The van der Waals surface area contributed by atoms with Crippen molar-refractivity contribution in [2.45, 2.75) is 40.2 Å². The number of hydrogen-bond donors (Lipinski definition) is 1. The first-order chi connectivity index (χ1) is 11.9. The number of benzene rings is 2. The molecule has 4 nitrogen and oxygen atoms in total. The van der Waals surface area contributed by atoms with E-state index in [9.17, 15) is 9.59 Å². The number of nitrogens with zero attached hydrogens (tertiary/aromatic N) is 1. The number of anilines is 1. The molecule has 0 bridgehead atoms. The van der Waals surface area contributed by atoms with Gasteiger partial charge in [-0.1, -0.05) is 62.4 Å². The van der Waals surface area contributed by atoms with E-state index in [2.05, 4.69) is 19.2 Å². The Labute approximate surface area is 149 Å². The fourth-order valence-corrected chi connectivity index (χ4v) is 2.86. The van der Waals surface area contributed by atoms with Crippen LogP contribution in [0.15, 0.2) is 48.5 Å². The monoisotopic (exact) mass is 338 g/mol. The highest BCUT2D eigenvalue weighted by Gasteiger charge is 2.21. The van der Waals surface area contributed by atoms with Gasteiger partial charge in [-0.05, 0) is 29.5 Å². The highest BCUT2D eigenvalue weighted by Crippen LogP contribution is 2.31. The fourth-order valence-electron chi connectivity index (χ4n) is 2.86. The molecule has 132 valence electrons. The van der Waals surface area contributed by atoms with E-state index in [1.165, 1.54) is 6.92 Å². The van der Waals surface area contributed by atoms with Crippen LogP contribution in [0.1, 0.15) is 43.4 Å². The van der Waals surface area contributed by atoms with Crippen LogP contribution >= 0.6 is 0 Å². The van der Waals surface area contributed by atoms with Crippen LogP contribution in [0, 0.1) is 6.92 Å². The van der Waals surface area contributed by atoms with Crippen LogP contribution in [0.2, 0.25) is 0 Å². The largest absolute Gasteiger partial charge is 0.350 e. The zero-order chi connectivity index (χ0) is 18.4. The maximum Gasteiger partial charge on any atom is 0.240 e. The van der Waals surface area contributed by atoms with Gasteiger partial charge in [0, 0.05) is 13.5 Å². The van der Waals surface area contributed by atoms with Gasteiger partial charge in [0.25, 0.3) is 0 Å². The second-order valence-corrected chi connectivity index (χ2v) is 6.53. The number of aryl methyl sites for hydroxylation is 1. The summed E-state index contributed by atoms with van der Waals surface area (Å²) in [5.74, 6) is -0.0350. The highest BCUT2D eigenvalue weighted by molar-refractivity contribution is 5.98. The maximum absolute atomic E-state index is 12.4. The van der Waals surface area contributed by atoms with Crippen molar-refractivity contribution in [2.75, 3.05) is 11.4 Å². The molecule has 0 saturated carbocycles. The Morgan fingerprint density at radius 3 is 2.32 bits per heavy atom. The Kier molecular flexibility index (Phi) is 6.34. The molecule has 2 rings (SSSR count). The average Bonchev–Trinajstić information content (AvgIpc) is 2.58. The van der Waals surface area contributed by atoms with Crippen molar-refractivity contribution in [3.63, 3.8) is 0 Å². The molecule has 0 radical (unpaired) electrons. The molecule has 1 N–H and O–H groups in total. The lowest BCUT2D eigenvalue weighted by molar-refractivity contribution is -0.123. The predicted octanol–water partition coefficient (Wildman–Crippen LogP) is 3.79. The summed E-state index contributed by atoms with van der Waals surface area (Å²) in [6, 6.07) is 15.7. The zero-order valence-corrected chi connectivity index (χ0v) is 15.4. The number of amides is 2. The summed E-state index contributed by atoms with van der Waals surface area (Å²) in [6.07, 6.45) is 0. The third-order valence-electron chi connectivity index (χ3n) is 4.18. The zero-order valence-electron chi connectivity index (χ0n) is 15.4. The van der Waals surface area contributed by atoms with Crippen LogP contribution in [0.5, 0.6) is 0 Å². The van der Waals surface area contributed by atoms with E-state index in [0.29, 0.717) is 6.54 Å². The lowest BCUT2D eigenvalue weighted by Gasteiger charge is -2.27. The molecule has 2 aromatic carbocycles. The van der Waals surface area contributed by atoms with Crippen molar-refractivity contribution in [1.82, 2.24) is 5.32 Å². The van der Waals surface area contributed by atoms with E-state index >= 15 is 0 Å². The number of para-hydroxylation sites is 1. The summed E-state index contributed by atoms with van der Waals surface area (Å²) in [5, 5.41) is 2.89. The number of hydrogen-bond acceptors (Lipinski definition) is 2. The van der Waals surface area contributed by atoms with E-state index in [4.69, 9.17) is 0 Å². The van der Waals surface area contributed by atoms with Crippen molar-refractivity contribution in [1.29, 1.82) is 0 Å². The van der Waals surface area contributed by atoms with Gasteiger partial charge in [0.2, 0.25) is 11.8 Å². The Balaban J connectivity index is 2.17. The molecule has 0 aliphatic carbocycles. The van der Waals surface area contributed by atoms with Crippen molar-refractivity contribution in [3.8, 4) is 0 Å². The third-order valence-corrected chi connectivity index (χ3v) is 4.18. The van der Waals surface area contributed by atoms with Crippen molar-refractivity contribution in [2.24, 2.45) is 0 Å². The van der Waals surface area contributed by atoms with Gasteiger partial charge in [-0.25, -0.2) is 0 Å². The molecule has 0 fully saturated rings. The van der Waals surface area contributed by atoms with Gasteiger partial charge in [-0.3, -0.25) is 9.59 Å². The molecule has 25 heavy (non-hydrogen) atoms. The van der Waals surface area contributed by atoms with Gasteiger partial charge < -0.3 is 10.2 Å². The minimum absolute atomic E-state index is 0.0206. The van der Waals surface area contributed by atoms with Crippen LogP contribution in [0.25, 0.3) is 0 Å². The molecule has 0 aromatic heterocycles. The third kappa shape index (κ3) is 4.92. The summed E-state index contributed by atoms with van der Waals surface area (Å²) in [7, 11) is 0. The Morgan fingerprint density at radius 2 is 1.72 bits per heavy atom. The first kappa shape index (κ1) is 18.7. The highest BCUT2D eigenvalue weighted by atomic mass is 16.2. The Hall–Kier alpha value is -2.62. The topological polar surface area (TPSA) is 49.4 Å². The van der Waals surface area contributed by atoms with Crippen LogP contribution in [-0.4, -0.2) is 18.4 Å².